The van der Waals surface area contributed by atoms with Crippen LogP contribution in [0.1, 0.15) is 11.1 Å². The van der Waals surface area contributed by atoms with Crippen LogP contribution in [0, 0.1) is 11.3 Å². The minimum atomic E-state index is 0.671. The Balaban J connectivity index is 2.22. The summed E-state index contributed by atoms with van der Waals surface area (Å²) in [4.78, 5) is 2.83. The third kappa shape index (κ3) is 3.48. The molecule has 0 aliphatic heterocycles. The van der Waals surface area contributed by atoms with E-state index in [0.717, 1.165) is 26.5 Å². The summed E-state index contributed by atoms with van der Waals surface area (Å²) in [5, 5.41) is 21.4. The van der Waals surface area contributed by atoms with Gasteiger partial charge in [0.05, 0.1) is 5.56 Å². The zero-order valence-electron chi connectivity index (χ0n) is 11.5. The van der Waals surface area contributed by atoms with E-state index in [2.05, 4.69) is 21.6 Å². The van der Waals surface area contributed by atoms with Gasteiger partial charge in [0.25, 0.3) is 0 Å². The van der Waals surface area contributed by atoms with Crippen molar-refractivity contribution in [3.05, 3.63) is 29.3 Å². The third-order valence-corrected chi connectivity index (χ3v) is 4.74. The van der Waals surface area contributed by atoms with Crippen LogP contribution in [0.15, 0.2) is 27.4 Å². The van der Waals surface area contributed by atoms with Gasteiger partial charge in [0.1, 0.15) is 6.07 Å². The molecule has 0 fully saturated rings. The number of rotatable bonds is 5. The van der Waals surface area contributed by atoms with Crippen LogP contribution in [-0.4, -0.2) is 31.3 Å². The Morgan fingerprint density at radius 1 is 1.40 bits per heavy atom. The zero-order valence-corrected chi connectivity index (χ0v) is 13.2. The SMILES string of the molecule is CNCc1ccc(Sc2nnc(N(C)C)s2)c(C#N)c1. The van der Waals surface area contributed by atoms with E-state index in [1.54, 1.807) is 0 Å². The largest absolute Gasteiger partial charge is 0.353 e. The lowest BCUT2D eigenvalue weighted by Gasteiger charge is -2.05. The first kappa shape index (κ1) is 14.8. The highest BCUT2D eigenvalue weighted by Crippen LogP contribution is 2.34. The minimum absolute atomic E-state index is 0.671. The Bertz CT molecular complexity index is 630. The van der Waals surface area contributed by atoms with Crippen LogP contribution >= 0.6 is 23.1 Å². The van der Waals surface area contributed by atoms with Gasteiger partial charge in [-0.25, -0.2) is 0 Å². The molecule has 7 heteroatoms. The molecule has 0 aliphatic carbocycles. The third-order valence-electron chi connectivity index (χ3n) is 2.52. The summed E-state index contributed by atoms with van der Waals surface area (Å²) in [7, 11) is 5.75. The van der Waals surface area contributed by atoms with Crippen molar-refractivity contribution in [3.8, 4) is 6.07 Å². The Morgan fingerprint density at radius 3 is 2.80 bits per heavy atom. The van der Waals surface area contributed by atoms with E-state index < -0.39 is 0 Å². The summed E-state index contributed by atoms with van der Waals surface area (Å²) in [6.45, 7) is 0.753. The Hall–Kier alpha value is -1.62. The number of nitriles is 1. The predicted molar refractivity (Wildman–Crippen MR) is 82.3 cm³/mol. The molecular weight excluding hydrogens is 290 g/mol. The van der Waals surface area contributed by atoms with Gasteiger partial charge in [-0.2, -0.15) is 5.26 Å². The van der Waals surface area contributed by atoms with E-state index in [1.165, 1.54) is 23.1 Å². The quantitative estimate of drug-likeness (QED) is 0.915. The minimum Gasteiger partial charge on any atom is -0.353 e. The standard InChI is InChI=1S/C13H15N5S2/c1-15-8-9-4-5-11(10(6-9)7-14)19-13-17-16-12(20-13)18(2)3/h4-6,15H,8H2,1-3H3. The topological polar surface area (TPSA) is 64.8 Å². The van der Waals surface area contributed by atoms with Crippen LogP contribution in [0.3, 0.4) is 0 Å². The Labute approximate surface area is 126 Å². The first-order chi connectivity index (χ1) is 9.63. The fraction of sp³-hybridized carbons (Fsp3) is 0.308. The molecule has 0 amide bonds. The maximum absolute atomic E-state index is 9.26. The summed E-state index contributed by atoms with van der Waals surface area (Å²) in [6.07, 6.45) is 0. The molecule has 5 nitrogen and oxygen atoms in total. The van der Waals surface area contributed by atoms with Gasteiger partial charge in [0.15, 0.2) is 4.34 Å². The summed E-state index contributed by atoms with van der Waals surface area (Å²) < 4.78 is 0.839. The van der Waals surface area contributed by atoms with Crippen molar-refractivity contribution in [3.63, 3.8) is 0 Å². The van der Waals surface area contributed by atoms with E-state index in [4.69, 9.17) is 0 Å². The van der Waals surface area contributed by atoms with Gasteiger partial charge >= 0.3 is 0 Å². The van der Waals surface area contributed by atoms with E-state index in [1.807, 2.05) is 44.2 Å². The summed E-state index contributed by atoms with van der Waals surface area (Å²) in [5.74, 6) is 0. The van der Waals surface area contributed by atoms with E-state index in [0.29, 0.717) is 5.56 Å². The lowest BCUT2D eigenvalue weighted by atomic mass is 10.1. The predicted octanol–water partition coefficient (Wildman–Crippen LogP) is 2.35. The Kier molecular flexibility index (Phi) is 4.95. The number of hydrogen-bond acceptors (Lipinski definition) is 7. The van der Waals surface area contributed by atoms with Gasteiger partial charge < -0.3 is 10.2 Å². The highest BCUT2D eigenvalue weighted by atomic mass is 32.2. The molecule has 20 heavy (non-hydrogen) atoms. The molecular formula is C13H15N5S2. The molecule has 1 aromatic carbocycles. The molecule has 0 aliphatic rings. The van der Waals surface area contributed by atoms with Crippen molar-refractivity contribution in [2.75, 3.05) is 26.0 Å². The summed E-state index contributed by atoms with van der Waals surface area (Å²) in [6, 6.07) is 8.14. The Morgan fingerprint density at radius 2 is 2.20 bits per heavy atom. The molecule has 1 aromatic heterocycles. The lowest BCUT2D eigenvalue weighted by Crippen LogP contribution is -2.07. The smallest absolute Gasteiger partial charge is 0.208 e. The lowest BCUT2D eigenvalue weighted by molar-refractivity contribution is 0.816. The van der Waals surface area contributed by atoms with Gasteiger partial charge in [0.2, 0.25) is 5.13 Å². The maximum atomic E-state index is 9.26. The van der Waals surface area contributed by atoms with Crippen LogP contribution in [0.25, 0.3) is 0 Å². The molecule has 0 atom stereocenters. The second kappa shape index (κ2) is 6.70. The van der Waals surface area contributed by atoms with Crippen LogP contribution in [0.4, 0.5) is 5.13 Å². The highest BCUT2D eigenvalue weighted by molar-refractivity contribution is 8.01. The molecule has 1 heterocycles. The van der Waals surface area contributed by atoms with Crippen LogP contribution in [0.2, 0.25) is 0 Å². The second-order valence-electron chi connectivity index (χ2n) is 4.32. The van der Waals surface area contributed by atoms with Crippen molar-refractivity contribution in [1.82, 2.24) is 15.5 Å². The molecule has 2 aromatic rings. The van der Waals surface area contributed by atoms with Gasteiger partial charge in [-0.1, -0.05) is 29.2 Å². The van der Waals surface area contributed by atoms with Gasteiger partial charge in [-0.15, -0.1) is 10.2 Å². The normalized spacial score (nSPS) is 10.3. The highest BCUT2D eigenvalue weighted by Gasteiger charge is 2.10. The molecule has 0 radical (unpaired) electrons. The molecule has 0 saturated heterocycles. The monoisotopic (exact) mass is 305 g/mol. The van der Waals surface area contributed by atoms with Crippen LogP contribution < -0.4 is 10.2 Å². The van der Waals surface area contributed by atoms with Gasteiger partial charge in [-0.3, -0.25) is 0 Å². The molecule has 0 spiro atoms. The van der Waals surface area contributed by atoms with Crippen molar-refractivity contribution in [2.24, 2.45) is 0 Å². The van der Waals surface area contributed by atoms with E-state index >= 15 is 0 Å². The van der Waals surface area contributed by atoms with Crippen molar-refractivity contribution >= 4 is 28.2 Å². The van der Waals surface area contributed by atoms with E-state index in [-0.39, 0.29) is 0 Å². The molecule has 1 N–H and O–H groups in total. The van der Waals surface area contributed by atoms with Crippen molar-refractivity contribution in [1.29, 1.82) is 5.26 Å². The summed E-state index contributed by atoms with van der Waals surface area (Å²) >= 11 is 2.99. The number of benzene rings is 1. The summed E-state index contributed by atoms with van der Waals surface area (Å²) in [5.41, 5.74) is 1.77. The first-order valence-electron chi connectivity index (χ1n) is 6.00. The number of nitrogens with zero attached hydrogens (tertiary/aromatic N) is 4. The average molecular weight is 305 g/mol. The fourth-order valence-corrected chi connectivity index (χ4v) is 3.37. The maximum Gasteiger partial charge on any atom is 0.208 e. The van der Waals surface area contributed by atoms with Gasteiger partial charge in [0, 0.05) is 25.5 Å². The number of hydrogen-bond donors (Lipinski definition) is 1. The number of aromatic nitrogens is 2. The average Bonchev–Trinajstić information content (AvgIpc) is 2.89. The molecule has 2 rings (SSSR count). The van der Waals surface area contributed by atoms with E-state index in [9.17, 15) is 5.26 Å². The van der Waals surface area contributed by atoms with Crippen molar-refractivity contribution < 1.29 is 0 Å². The number of nitrogens with one attached hydrogen (secondary N) is 1. The van der Waals surface area contributed by atoms with Crippen LogP contribution in [-0.2, 0) is 6.54 Å². The number of anilines is 1. The van der Waals surface area contributed by atoms with Crippen molar-refractivity contribution in [2.45, 2.75) is 15.8 Å². The zero-order chi connectivity index (χ0) is 14.5. The molecule has 0 saturated carbocycles. The van der Waals surface area contributed by atoms with Crippen LogP contribution in [0.5, 0.6) is 0 Å². The molecule has 0 bridgehead atoms. The fourth-order valence-electron chi connectivity index (χ4n) is 1.59. The second-order valence-corrected chi connectivity index (χ2v) is 6.56. The van der Waals surface area contributed by atoms with Gasteiger partial charge in [-0.05, 0) is 24.7 Å². The molecule has 104 valence electrons. The molecule has 0 unspecified atom stereocenters. The first-order valence-corrected chi connectivity index (χ1v) is 7.63.